The summed E-state index contributed by atoms with van der Waals surface area (Å²) in [5.74, 6) is -1.50. The molecule has 0 saturated carbocycles. The van der Waals surface area contributed by atoms with Gasteiger partial charge in [-0.15, -0.1) is 0 Å². The molecule has 2 N–H and O–H groups in total. The molecular formula is C11H8F3N3O. The molecule has 2 rings (SSSR count). The van der Waals surface area contributed by atoms with Gasteiger partial charge in [-0.05, 0) is 23.8 Å². The van der Waals surface area contributed by atoms with Crippen LogP contribution < -0.4 is 5.73 Å². The van der Waals surface area contributed by atoms with E-state index in [9.17, 15) is 13.2 Å². The van der Waals surface area contributed by atoms with Gasteiger partial charge in [-0.3, -0.25) is 0 Å². The van der Waals surface area contributed by atoms with E-state index in [0.717, 1.165) is 5.56 Å². The summed E-state index contributed by atoms with van der Waals surface area (Å²) in [4.78, 5) is 3.20. The Bertz CT molecular complexity index is 558. The summed E-state index contributed by atoms with van der Waals surface area (Å²) in [5, 5.41) is 2.83. The van der Waals surface area contributed by atoms with Crippen molar-refractivity contribution >= 4 is 17.8 Å². The minimum atomic E-state index is -4.60. The predicted molar refractivity (Wildman–Crippen MR) is 59.1 cm³/mol. The third-order valence-electron chi connectivity index (χ3n) is 2.05. The molecule has 0 radical (unpaired) electrons. The summed E-state index contributed by atoms with van der Waals surface area (Å²) >= 11 is 0. The largest absolute Gasteiger partial charge is 0.455 e. The highest BCUT2D eigenvalue weighted by Gasteiger charge is 2.36. The SMILES string of the molecule is Nc1ccc(/C=C/c2nc(C(F)(F)F)no2)cc1. The highest BCUT2D eigenvalue weighted by Crippen LogP contribution is 2.26. The summed E-state index contributed by atoms with van der Waals surface area (Å²) in [6, 6.07) is 6.78. The van der Waals surface area contributed by atoms with Crippen LogP contribution in [0.25, 0.3) is 12.2 Å². The molecule has 0 aliphatic carbocycles. The third-order valence-corrected chi connectivity index (χ3v) is 2.05. The normalized spacial score (nSPS) is 12.2. The average molecular weight is 255 g/mol. The summed E-state index contributed by atoms with van der Waals surface area (Å²) in [7, 11) is 0. The maximum absolute atomic E-state index is 12.2. The Hall–Kier alpha value is -2.31. The zero-order chi connectivity index (χ0) is 13.2. The number of rotatable bonds is 2. The number of nitrogens with two attached hydrogens (primary N) is 1. The van der Waals surface area contributed by atoms with E-state index >= 15 is 0 Å². The first-order valence-electron chi connectivity index (χ1n) is 4.90. The van der Waals surface area contributed by atoms with Crippen molar-refractivity contribution < 1.29 is 17.7 Å². The van der Waals surface area contributed by atoms with Gasteiger partial charge in [0.25, 0.3) is 11.7 Å². The van der Waals surface area contributed by atoms with Crippen molar-refractivity contribution in [2.45, 2.75) is 6.18 Å². The Balaban J connectivity index is 2.14. The minimum absolute atomic E-state index is 0.209. The molecule has 0 saturated heterocycles. The van der Waals surface area contributed by atoms with Crippen molar-refractivity contribution in [1.82, 2.24) is 10.1 Å². The molecule has 2 aromatic rings. The van der Waals surface area contributed by atoms with E-state index in [2.05, 4.69) is 14.7 Å². The number of anilines is 1. The first-order valence-corrected chi connectivity index (χ1v) is 4.90. The summed E-state index contributed by atoms with van der Waals surface area (Å²) in [6.07, 6.45) is -1.75. The van der Waals surface area contributed by atoms with Crippen LogP contribution in [0.4, 0.5) is 18.9 Å². The van der Waals surface area contributed by atoms with Gasteiger partial charge in [0.2, 0.25) is 0 Å². The highest BCUT2D eigenvalue weighted by molar-refractivity contribution is 5.66. The molecule has 18 heavy (non-hydrogen) atoms. The van der Waals surface area contributed by atoms with Gasteiger partial charge in [-0.1, -0.05) is 17.3 Å². The first-order chi connectivity index (χ1) is 8.45. The van der Waals surface area contributed by atoms with Gasteiger partial charge in [0.15, 0.2) is 0 Å². The van der Waals surface area contributed by atoms with E-state index in [4.69, 9.17) is 5.73 Å². The van der Waals surface area contributed by atoms with Gasteiger partial charge < -0.3 is 10.3 Å². The fourth-order valence-corrected chi connectivity index (χ4v) is 1.19. The minimum Gasteiger partial charge on any atom is -0.399 e. The van der Waals surface area contributed by atoms with Crippen molar-refractivity contribution in [2.24, 2.45) is 0 Å². The molecule has 0 aliphatic heterocycles. The first kappa shape index (κ1) is 12.2. The molecule has 4 nitrogen and oxygen atoms in total. The molecular weight excluding hydrogens is 247 g/mol. The van der Waals surface area contributed by atoms with Gasteiger partial charge in [0.05, 0.1) is 0 Å². The number of halogens is 3. The molecule has 0 bridgehead atoms. The summed E-state index contributed by atoms with van der Waals surface area (Å²) in [5.41, 5.74) is 6.86. The topological polar surface area (TPSA) is 64.9 Å². The predicted octanol–water partition coefficient (Wildman–Crippen LogP) is 2.84. The number of hydrogen-bond donors (Lipinski definition) is 1. The van der Waals surface area contributed by atoms with Crippen LogP contribution in [0.5, 0.6) is 0 Å². The second kappa shape index (κ2) is 4.52. The van der Waals surface area contributed by atoms with Gasteiger partial charge in [-0.25, -0.2) is 0 Å². The lowest BCUT2D eigenvalue weighted by atomic mass is 10.2. The van der Waals surface area contributed by atoms with Gasteiger partial charge in [-0.2, -0.15) is 18.2 Å². The number of nitrogen functional groups attached to an aromatic ring is 1. The van der Waals surface area contributed by atoms with E-state index < -0.39 is 12.0 Å². The van der Waals surface area contributed by atoms with Crippen LogP contribution in [0, 0.1) is 0 Å². The summed E-state index contributed by atoms with van der Waals surface area (Å²) in [6.45, 7) is 0. The molecule has 0 atom stereocenters. The molecule has 1 heterocycles. The lowest BCUT2D eigenvalue weighted by Crippen LogP contribution is -2.07. The Morgan fingerprint density at radius 1 is 1.11 bits per heavy atom. The van der Waals surface area contributed by atoms with Crippen LogP contribution in [0.3, 0.4) is 0 Å². The lowest BCUT2D eigenvalue weighted by Gasteiger charge is -1.95. The van der Waals surface area contributed by atoms with E-state index in [1.165, 1.54) is 6.08 Å². The van der Waals surface area contributed by atoms with E-state index in [1.54, 1.807) is 30.3 Å². The average Bonchev–Trinajstić information content (AvgIpc) is 2.77. The lowest BCUT2D eigenvalue weighted by molar-refractivity contribution is -0.146. The molecule has 0 aliphatic rings. The summed E-state index contributed by atoms with van der Waals surface area (Å²) < 4.78 is 41.0. The van der Waals surface area contributed by atoms with Crippen LogP contribution >= 0.6 is 0 Å². The van der Waals surface area contributed by atoms with Crippen molar-refractivity contribution in [3.05, 3.63) is 41.5 Å². The van der Waals surface area contributed by atoms with Crippen molar-refractivity contribution in [3.63, 3.8) is 0 Å². The molecule has 0 spiro atoms. The Morgan fingerprint density at radius 2 is 1.78 bits per heavy atom. The highest BCUT2D eigenvalue weighted by atomic mass is 19.4. The number of hydrogen-bond acceptors (Lipinski definition) is 4. The standard InChI is InChI=1S/C11H8F3N3O/c12-11(13,14)10-16-9(18-17-10)6-3-7-1-4-8(15)5-2-7/h1-6H,15H2/b6-3+. The zero-order valence-corrected chi connectivity index (χ0v) is 8.98. The van der Waals surface area contributed by atoms with Crippen molar-refractivity contribution in [3.8, 4) is 0 Å². The molecule has 7 heteroatoms. The van der Waals surface area contributed by atoms with E-state index in [-0.39, 0.29) is 5.89 Å². The number of benzene rings is 1. The molecule has 1 aromatic heterocycles. The number of nitrogens with zero attached hydrogens (tertiary/aromatic N) is 2. The Morgan fingerprint density at radius 3 is 2.33 bits per heavy atom. The monoisotopic (exact) mass is 255 g/mol. The van der Waals surface area contributed by atoms with Gasteiger partial charge in [0.1, 0.15) is 0 Å². The fourth-order valence-electron chi connectivity index (χ4n) is 1.19. The third kappa shape index (κ3) is 2.88. The molecule has 0 fully saturated rings. The second-order valence-electron chi connectivity index (χ2n) is 3.45. The van der Waals surface area contributed by atoms with Crippen LogP contribution in [-0.2, 0) is 6.18 Å². The van der Waals surface area contributed by atoms with Gasteiger partial charge >= 0.3 is 6.18 Å². The number of alkyl halides is 3. The Kier molecular flexibility index (Phi) is 3.05. The van der Waals surface area contributed by atoms with Crippen LogP contribution in [0.15, 0.2) is 28.8 Å². The smallest absolute Gasteiger partial charge is 0.399 e. The second-order valence-corrected chi connectivity index (χ2v) is 3.45. The van der Waals surface area contributed by atoms with Crippen LogP contribution in [-0.4, -0.2) is 10.1 Å². The van der Waals surface area contributed by atoms with E-state index in [0.29, 0.717) is 5.69 Å². The molecule has 0 amide bonds. The quantitative estimate of drug-likeness (QED) is 0.838. The van der Waals surface area contributed by atoms with Gasteiger partial charge in [0, 0.05) is 11.8 Å². The van der Waals surface area contributed by atoms with Crippen molar-refractivity contribution in [1.29, 1.82) is 0 Å². The molecule has 0 unspecified atom stereocenters. The Labute approximate surface area is 99.9 Å². The van der Waals surface area contributed by atoms with Crippen LogP contribution in [0.1, 0.15) is 17.3 Å². The van der Waals surface area contributed by atoms with E-state index in [1.807, 2.05) is 0 Å². The molecule has 1 aromatic carbocycles. The maximum atomic E-state index is 12.2. The zero-order valence-electron chi connectivity index (χ0n) is 8.98. The molecule has 94 valence electrons. The maximum Gasteiger partial charge on any atom is 0.455 e. The fraction of sp³-hybridized carbons (Fsp3) is 0.0909. The van der Waals surface area contributed by atoms with Crippen LogP contribution in [0.2, 0.25) is 0 Å². The number of aromatic nitrogens is 2. The van der Waals surface area contributed by atoms with Crippen molar-refractivity contribution in [2.75, 3.05) is 5.73 Å².